The molecule has 2 N–H and O–H groups in total. The van der Waals surface area contributed by atoms with Crippen molar-refractivity contribution in [1.82, 2.24) is 14.9 Å². The molecule has 0 spiro atoms. The second-order valence-electron chi connectivity index (χ2n) is 6.00. The van der Waals surface area contributed by atoms with E-state index >= 15 is 0 Å². The number of hydrogen-bond donors (Lipinski definition) is 2. The van der Waals surface area contributed by atoms with Crippen molar-refractivity contribution in [1.29, 1.82) is 0 Å². The van der Waals surface area contributed by atoms with Gasteiger partial charge in [0.15, 0.2) is 11.5 Å². The summed E-state index contributed by atoms with van der Waals surface area (Å²) >= 11 is 0. The molecule has 0 saturated carbocycles. The Morgan fingerprint density at radius 3 is 2.85 bits per heavy atom. The number of halogens is 3. The van der Waals surface area contributed by atoms with Crippen LogP contribution in [0.5, 0.6) is 11.5 Å². The molecule has 0 atom stereocenters. The third-order valence-corrected chi connectivity index (χ3v) is 4.20. The number of H-pyrrole nitrogens is 1. The number of alkyl halides is 3. The van der Waals surface area contributed by atoms with E-state index in [1.165, 1.54) is 0 Å². The number of benzene rings is 1. The lowest BCUT2D eigenvalue weighted by atomic mass is 10.1. The van der Waals surface area contributed by atoms with Crippen molar-refractivity contribution in [2.45, 2.75) is 32.6 Å². The number of ether oxygens (including phenoxy) is 1. The molecule has 1 aliphatic heterocycles. The van der Waals surface area contributed by atoms with Crippen LogP contribution in [0.25, 0.3) is 0 Å². The number of aromatic nitrogens is 2. The molecule has 2 heterocycles. The van der Waals surface area contributed by atoms with E-state index in [2.05, 4.69) is 4.98 Å². The lowest BCUT2D eigenvalue weighted by Gasteiger charge is -2.28. The Morgan fingerprint density at radius 1 is 1.38 bits per heavy atom. The summed E-state index contributed by atoms with van der Waals surface area (Å²) in [7, 11) is 0. The van der Waals surface area contributed by atoms with Crippen LogP contribution in [-0.2, 0) is 25.7 Å². The number of rotatable bonds is 4. The van der Waals surface area contributed by atoms with E-state index in [4.69, 9.17) is 4.74 Å². The van der Waals surface area contributed by atoms with Gasteiger partial charge in [0.05, 0.1) is 12.3 Å². The SMILES string of the molecule is CCOc1cccc(CN2CCc3c(nc(C(F)(F)F)[nH]c3=O)C2)c1O. The summed E-state index contributed by atoms with van der Waals surface area (Å²) in [6.45, 7) is 3.08. The molecular weight excluding hydrogens is 351 g/mol. The average Bonchev–Trinajstić information content (AvgIpc) is 2.57. The van der Waals surface area contributed by atoms with Crippen LogP contribution in [-0.4, -0.2) is 33.1 Å². The minimum Gasteiger partial charge on any atom is -0.504 e. The predicted octanol–water partition coefficient (Wildman–Crippen LogP) is 2.45. The van der Waals surface area contributed by atoms with Crippen molar-refractivity contribution < 1.29 is 23.0 Å². The van der Waals surface area contributed by atoms with Gasteiger partial charge >= 0.3 is 6.18 Å². The Hall–Kier alpha value is -2.55. The van der Waals surface area contributed by atoms with Crippen LogP contribution in [0.3, 0.4) is 0 Å². The number of hydrogen-bond acceptors (Lipinski definition) is 5. The summed E-state index contributed by atoms with van der Waals surface area (Å²) in [5, 5.41) is 10.3. The van der Waals surface area contributed by atoms with Crippen LogP contribution in [0, 0.1) is 0 Å². The van der Waals surface area contributed by atoms with E-state index < -0.39 is 17.6 Å². The fourth-order valence-corrected chi connectivity index (χ4v) is 2.97. The topological polar surface area (TPSA) is 78.5 Å². The molecule has 1 aromatic carbocycles. The zero-order chi connectivity index (χ0) is 18.9. The van der Waals surface area contributed by atoms with Crippen LogP contribution in [0.1, 0.15) is 29.6 Å². The maximum Gasteiger partial charge on any atom is 0.449 e. The van der Waals surface area contributed by atoms with Gasteiger partial charge in [-0.2, -0.15) is 13.2 Å². The van der Waals surface area contributed by atoms with E-state index in [0.29, 0.717) is 37.4 Å². The highest BCUT2D eigenvalue weighted by Crippen LogP contribution is 2.32. The molecule has 2 aromatic rings. The highest BCUT2D eigenvalue weighted by molar-refractivity contribution is 5.45. The standard InChI is InChI=1S/C17H18F3N3O3/c1-2-26-13-5-3-4-10(14(13)24)8-23-7-6-11-12(9-23)21-16(17(18,19)20)22-15(11)25/h3-5,24H,2,6-9H2,1H3,(H,21,22,25). The Morgan fingerprint density at radius 2 is 2.15 bits per heavy atom. The molecule has 9 heteroatoms. The van der Waals surface area contributed by atoms with Gasteiger partial charge in [-0.25, -0.2) is 4.98 Å². The second kappa shape index (κ2) is 6.99. The largest absolute Gasteiger partial charge is 0.504 e. The van der Waals surface area contributed by atoms with Gasteiger partial charge in [0, 0.05) is 30.8 Å². The first-order valence-electron chi connectivity index (χ1n) is 8.15. The summed E-state index contributed by atoms with van der Waals surface area (Å²) in [4.78, 5) is 19.1. The highest BCUT2D eigenvalue weighted by atomic mass is 19.4. The molecule has 0 unspecified atom stereocenters. The maximum absolute atomic E-state index is 12.9. The van der Waals surface area contributed by atoms with Crippen LogP contribution in [0.2, 0.25) is 0 Å². The van der Waals surface area contributed by atoms with Gasteiger partial charge in [-0.15, -0.1) is 0 Å². The Bertz CT molecular complexity index is 865. The monoisotopic (exact) mass is 369 g/mol. The number of para-hydroxylation sites is 1. The molecule has 3 rings (SSSR count). The number of phenols is 1. The van der Waals surface area contributed by atoms with Gasteiger partial charge in [0.25, 0.3) is 5.56 Å². The smallest absolute Gasteiger partial charge is 0.449 e. The summed E-state index contributed by atoms with van der Waals surface area (Å²) in [5.41, 5.74) is 0.248. The maximum atomic E-state index is 12.9. The van der Waals surface area contributed by atoms with Crippen molar-refractivity contribution in [3.8, 4) is 11.5 Å². The van der Waals surface area contributed by atoms with Crippen molar-refractivity contribution in [3.63, 3.8) is 0 Å². The first-order chi connectivity index (χ1) is 12.3. The minimum absolute atomic E-state index is 0.00926. The Labute approximate surface area is 147 Å². The summed E-state index contributed by atoms with van der Waals surface area (Å²) in [6.07, 6.45) is -4.41. The fraction of sp³-hybridized carbons (Fsp3) is 0.412. The first kappa shape index (κ1) is 18.2. The average molecular weight is 369 g/mol. The third-order valence-electron chi connectivity index (χ3n) is 4.20. The van der Waals surface area contributed by atoms with Crippen LogP contribution >= 0.6 is 0 Å². The van der Waals surface area contributed by atoms with Gasteiger partial charge in [-0.05, 0) is 19.4 Å². The van der Waals surface area contributed by atoms with E-state index in [0.717, 1.165) is 0 Å². The van der Waals surface area contributed by atoms with Crippen LogP contribution < -0.4 is 10.3 Å². The number of aromatic amines is 1. The van der Waals surface area contributed by atoms with E-state index in [1.807, 2.05) is 4.90 Å². The number of fused-ring (bicyclic) bond motifs is 1. The molecular formula is C17H18F3N3O3. The number of nitrogens with one attached hydrogen (secondary N) is 1. The molecule has 1 aromatic heterocycles. The highest BCUT2D eigenvalue weighted by Gasteiger charge is 2.36. The zero-order valence-corrected chi connectivity index (χ0v) is 14.1. The first-order valence-corrected chi connectivity index (χ1v) is 8.15. The van der Waals surface area contributed by atoms with E-state index in [1.54, 1.807) is 30.1 Å². The zero-order valence-electron chi connectivity index (χ0n) is 14.1. The lowest BCUT2D eigenvalue weighted by molar-refractivity contribution is -0.145. The summed E-state index contributed by atoms with van der Waals surface area (Å²) in [6, 6.07) is 5.10. The molecule has 26 heavy (non-hydrogen) atoms. The molecule has 6 nitrogen and oxygen atoms in total. The van der Waals surface area contributed by atoms with Crippen molar-refractivity contribution in [2.75, 3.05) is 13.2 Å². The fourth-order valence-electron chi connectivity index (χ4n) is 2.97. The quantitative estimate of drug-likeness (QED) is 0.866. The predicted molar refractivity (Wildman–Crippen MR) is 87.0 cm³/mol. The van der Waals surface area contributed by atoms with Gasteiger partial charge in [0.2, 0.25) is 5.82 Å². The molecule has 0 saturated heterocycles. The molecule has 0 amide bonds. The Kier molecular flexibility index (Phi) is 4.90. The van der Waals surface area contributed by atoms with Gasteiger partial charge in [0.1, 0.15) is 0 Å². The second-order valence-corrected chi connectivity index (χ2v) is 6.00. The molecule has 0 bridgehead atoms. The van der Waals surface area contributed by atoms with E-state index in [9.17, 15) is 23.1 Å². The van der Waals surface area contributed by atoms with Gasteiger partial charge < -0.3 is 14.8 Å². The molecule has 0 radical (unpaired) electrons. The summed E-state index contributed by atoms with van der Waals surface area (Å²) in [5.74, 6) is -0.921. The van der Waals surface area contributed by atoms with E-state index in [-0.39, 0.29) is 23.6 Å². The van der Waals surface area contributed by atoms with Crippen LogP contribution in [0.15, 0.2) is 23.0 Å². The number of phenolic OH excluding ortho intramolecular Hbond substituents is 1. The summed E-state index contributed by atoms with van der Waals surface area (Å²) < 4.78 is 43.9. The molecule has 0 aliphatic carbocycles. The Balaban J connectivity index is 1.84. The van der Waals surface area contributed by atoms with Gasteiger partial charge in [-0.3, -0.25) is 9.69 Å². The minimum atomic E-state index is -4.71. The number of nitrogens with zero attached hydrogens (tertiary/aromatic N) is 2. The van der Waals surface area contributed by atoms with Crippen molar-refractivity contribution in [2.24, 2.45) is 0 Å². The molecule has 140 valence electrons. The van der Waals surface area contributed by atoms with Crippen molar-refractivity contribution in [3.05, 3.63) is 51.2 Å². The van der Waals surface area contributed by atoms with Gasteiger partial charge in [-0.1, -0.05) is 12.1 Å². The molecule has 0 fully saturated rings. The van der Waals surface area contributed by atoms with Crippen molar-refractivity contribution >= 4 is 0 Å². The third kappa shape index (κ3) is 3.67. The number of aromatic hydroxyl groups is 1. The normalized spacial score (nSPS) is 14.9. The lowest BCUT2D eigenvalue weighted by Crippen LogP contribution is -2.36. The van der Waals surface area contributed by atoms with Crippen LogP contribution in [0.4, 0.5) is 13.2 Å². The molecule has 1 aliphatic rings.